The van der Waals surface area contributed by atoms with Crippen LogP contribution in [0.5, 0.6) is 0 Å². The van der Waals surface area contributed by atoms with Gasteiger partial charge in [-0.15, -0.1) is 0 Å². The second-order valence-electron chi connectivity index (χ2n) is 5.31. The van der Waals surface area contributed by atoms with Gasteiger partial charge in [-0.1, -0.05) is 13.8 Å². The summed E-state index contributed by atoms with van der Waals surface area (Å²) in [5.41, 5.74) is 0. The van der Waals surface area contributed by atoms with E-state index in [0.29, 0.717) is 24.3 Å². The topological polar surface area (TPSA) is 40.5 Å². The largest absolute Gasteiger partial charge is 0.394 e. The lowest BCUT2D eigenvalue weighted by Gasteiger charge is -2.38. The van der Waals surface area contributed by atoms with Gasteiger partial charge in [-0.2, -0.15) is 0 Å². The van der Waals surface area contributed by atoms with Crippen molar-refractivity contribution >= 4 is 5.91 Å². The van der Waals surface area contributed by atoms with E-state index in [1.54, 1.807) is 0 Å². The molecule has 2 aliphatic heterocycles. The van der Waals surface area contributed by atoms with Crippen molar-refractivity contribution < 1.29 is 9.90 Å². The summed E-state index contributed by atoms with van der Waals surface area (Å²) >= 11 is 0. The van der Waals surface area contributed by atoms with Crippen molar-refractivity contribution in [2.45, 2.75) is 51.6 Å². The van der Waals surface area contributed by atoms with Crippen LogP contribution in [0.25, 0.3) is 0 Å². The first-order valence-corrected chi connectivity index (χ1v) is 6.05. The first-order chi connectivity index (χ1) is 7.13. The predicted octanol–water partition coefficient (Wildman–Crippen LogP) is 1.40. The molecule has 0 spiro atoms. The third-order valence-corrected chi connectivity index (χ3v) is 4.07. The van der Waals surface area contributed by atoms with Crippen LogP contribution in [0.3, 0.4) is 0 Å². The second-order valence-corrected chi connectivity index (χ2v) is 5.31. The Labute approximate surface area is 91.5 Å². The third-order valence-electron chi connectivity index (χ3n) is 4.07. The van der Waals surface area contributed by atoms with Gasteiger partial charge in [0.05, 0.1) is 12.6 Å². The van der Waals surface area contributed by atoms with Crippen LogP contribution in [0.2, 0.25) is 0 Å². The fourth-order valence-electron chi connectivity index (χ4n) is 3.05. The molecule has 2 aliphatic rings. The van der Waals surface area contributed by atoms with Crippen molar-refractivity contribution in [3.63, 3.8) is 0 Å². The zero-order chi connectivity index (χ0) is 11.0. The van der Waals surface area contributed by atoms with Gasteiger partial charge in [-0.25, -0.2) is 0 Å². The van der Waals surface area contributed by atoms with Gasteiger partial charge < -0.3 is 10.0 Å². The average Bonchev–Trinajstić information content (AvgIpc) is 2.60. The molecule has 3 heteroatoms. The maximum atomic E-state index is 12.0. The number of rotatable bonds is 2. The van der Waals surface area contributed by atoms with Crippen LogP contribution in [0, 0.1) is 11.8 Å². The summed E-state index contributed by atoms with van der Waals surface area (Å²) in [6, 6.07) is 0.520. The molecule has 3 nitrogen and oxygen atoms in total. The Balaban J connectivity index is 2.08. The van der Waals surface area contributed by atoms with Gasteiger partial charge >= 0.3 is 0 Å². The summed E-state index contributed by atoms with van der Waals surface area (Å²) in [7, 11) is 0. The van der Waals surface area contributed by atoms with Crippen LogP contribution in [-0.2, 0) is 4.79 Å². The number of carbonyl (C=O) groups excluding carboxylic acids is 1. The van der Waals surface area contributed by atoms with E-state index < -0.39 is 0 Å². The molecule has 3 atom stereocenters. The first-order valence-electron chi connectivity index (χ1n) is 6.05. The second kappa shape index (κ2) is 4.12. The lowest BCUT2D eigenvalue weighted by Crippen LogP contribution is -2.48. The Morgan fingerprint density at radius 2 is 2.20 bits per heavy atom. The Bertz CT molecular complexity index is 252. The highest BCUT2D eigenvalue weighted by Gasteiger charge is 2.42. The van der Waals surface area contributed by atoms with Gasteiger partial charge in [0, 0.05) is 12.5 Å². The quantitative estimate of drug-likeness (QED) is 0.750. The zero-order valence-electron chi connectivity index (χ0n) is 9.65. The van der Waals surface area contributed by atoms with Crippen LogP contribution in [0.4, 0.5) is 0 Å². The molecule has 0 bridgehead atoms. The van der Waals surface area contributed by atoms with Crippen molar-refractivity contribution in [2.75, 3.05) is 6.61 Å². The maximum Gasteiger partial charge on any atom is 0.223 e. The van der Waals surface area contributed by atoms with Gasteiger partial charge in [-0.05, 0) is 31.1 Å². The van der Waals surface area contributed by atoms with E-state index in [2.05, 4.69) is 13.8 Å². The molecule has 0 aromatic rings. The number of hydrogen-bond donors (Lipinski definition) is 1. The summed E-state index contributed by atoms with van der Waals surface area (Å²) < 4.78 is 0. The molecule has 0 saturated carbocycles. The molecule has 1 amide bonds. The minimum Gasteiger partial charge on any atom is -0.394 e. The lowest BCUT2D eigenvalue weighted by atomic mass is 9.83. The molecule has 2 fully saturated rings. The summed E-state index contributed by atoms with van der Waals surface area (Å²) in [6.07, 6.45) is 3.89. The molecule has 2 rings (SSSR count). The van der Waals surface area contributed by atoms with Gasteiger partial charge in [0.1, 0.15) is 0 Å². The van der Waals surface area contributed by atoms with Crippen LogP contribution in [0.1, 0.15) is 39.5 Å². The van der Waals surface area contributed by atoms with Crippen molar-refractivity contribution in [3.8, 4) is 0 Å². The van der Waals surface area contributed by atoms with E-state index in [1.807, 2.05) is 4.90 Å². The summed E-state index contributed by atoms with van der Waals surface area (Å²) in [4.78, 5) is 13.9. The van der Waals surface area contributed by atoms with Crippen LogP contribution < -0.4 is 0 Å². The number of amides is 1. The van der Waals surface area contributed by atoms with Gasteiger partial charge in [-0.3, -0.25) is 4.79 Å². The molecule has 0 aromatic heterocycles. The molecular weight excluding hydrogens is 190 g/mol. The van der Waals surface area contributed by atoms with E-state index in [0.717, 1.165) is 19.3 Å². The molecule has 0 aromatic carbocycles. The number of fused-ring (bicyclic) bond motifs is 1. The van der Waals surface area contributed by atoms with E-state index in [-0.39, 0.29) is 18.6 Å². The molecule has 1 N–H and O–H groups in total. The molecule has 2 heterocycles. The SMILES string of the molecule is CC(C)C1CC(=O)N2C(CC[C@H]2CO)C1. The highest BCUT2D eigenvalue weighted by Crippen LogP contribution is 2.37. The van der Waals surface area contributed by atoms with Gasteiger partial charge in [0.25, 0.3) is 0 Å². The van der Waals surface area contributed by atoms with Crippen molar-refractivity contribution in [1.29, 1.82) is 0 Å². The summed E-state index contributed by atoms with van der Waals surface area (Å²) in [6.45, 7) is 4.53. The molecule has 15 heavy (non-hydrogen) atoms. The smallest absolute Gasteiger partial charge is 0.223 e. The Hall–Kier alpha value is -0.570. The number of carbonyl (C=O) groups is 1. The molecule has 86 valence electrons. The highest BCUT2D eigenvalue weighted by molar-refractivity contribution is 5.78. The third kappa shape index (κ3) is 1.89. The van der Waals surface area contributed by atoms with E-state index in [4.69, 9.17) is 0 Å². The van der Waals surface area contributed by atoms with E-state index >= 15 is 0 Å². The fourth-order valence-corrected chi connectivity index (χ4v) is 3.05. The van der Waals surface area contributed by atoms with Gasteiger partial charge in [0.2, 0.25) is 5.91 Å². The van der Waals surface area contributed by atoms with Crippen LogP contribution in [0.15, 0.2) is 0 Å². The van der Waals surface area contributed by atoms with Crippen molar-refractivity contribution in [2.24, 2.45) is 11.8 Å². The number of nitrogens with zero attached hydrogens (tertiary/aromatic N) is 1. The first kappa shape index (κ1) is 10.9. The average molecular weight is 211 g/mol. The number of piperidine rings is 1. The minimum atomic E-state index is 0.107. The van der Waals surface area contributed by atoms with Crippen LogP contribution in [-0.4, -0.2) is 34.6 Å². The highest BCUT2D eigenvalue weighted by atomic mass is 16.3. The summed E-state index contributed by atoms with van der Waals surface area (Å²) in [5.74, 6) is 1.42. The van der Waals surface area contributed by atoms with Gasteiger partial charge in [0.15, 0.2) is 0 Å². The fraction of sp³-hybridized carbons (Fsp3) is 0.917. The number of hydrogen-bond acceptors (Lipinski definition) is 2. The standard InChI is InChI=1S/C12H21NO2/c1-8(2)9-5-10-3-4-11(7-14)13(10)12(15)6-9/h8-11,14H,3-7H2,1-2H3/t9?,10?,11-/m0/s1. The van der Waals surface area contributed by atoms with Crippen molar-refractivity contribution in [1.82, 2.24) is 4.90 Å². The van der Waals surface area contributed by atoms with Crippen LogP contribution >= 0.6 is 0 Å². The Morgan fingerprint density at radius 3 is 2.80 bits per heavy atom. The lowest BCUT2D eigenvalue weighted by molar-refractivity contribution is -0.140. The molecular formula is C12H21NO2. The maximum absolute atomic E-state index is 12.0. The van der Waals surface area contributed by atoms with Crippen molar-refractivity contribution in [3.05, 3.63) is 0 Å². The predicted molar refractivity (Wildman–Crippen MR) is 58.3 cm³/mol. The number of aliphatic hydroxyl groups excluding tert-OH is 1. The zero-order valence-corrected chi connectivity index (χ0v) is 9.65. The monoisotopic (exact) mass is 211 g/mol. The van der Waals surface area contributed by atoms with E-state index in [1.165, 1.54) is 0 Å². The molecule has 2 saturated heterocycles. The minimum absolute atomic E-state index is 0.107. The molecule has 0 radical (unpaired) electrons. The Morgan fingerprint density at radius 1 is 1.47 bits per heavy atom. The molecule has 2 unspecified atom stereocenters. The molecule has 0 aliphatic carbocycles. The Kier molecular flexibility index (Phi) is 3.01. The number of aliphatic hydroxyl groups is 1. The van der Waals surface area contributed by atoms with E-state index in [9.17, 15) is 9.90 Å². The normalized spacial score (nSPS) is 36.1. The summed E-state index contributed by atoms with van der Waals surface area (Å²) in [5, 5.41) is 9.20.